The third-order valence-corrected chi connectivity index (χ3v) is 4.48. The van der Waals surface area contributed by atoms with E-state index in [-0.39, 0.29) is 5.91 Å². The first kappa shape index (κ1) is 20.6. The highest BCUT2D eigenvalue weighted by atomic mass is 32.2. The summed E-state index contributed by atoms with van der Waals surface area (Å²) in [5.41, 5.74) is 0. The zero-order valence-electron chi connectivity index (χ0n) is 13.3. The van der Waals surface area contributed by atoms with Crippen molar-refractivity contribution in [2.45, 2.75) is 50.5 Å². The topological polar surface area (TPSA) is 128 Å². The van der Waals surface area contributed by atoms with Gasteiger partial charge in [-0.3, -0.25) is 4.79 Å². The molecule has 2 unspecified atom stereocenters. The van der Waals surface area contributed by atoms with E-state index in [1.807, 2.05) is 6.92 Å². The summed E-state index contributed by atoms with van der Waals surface area (Å²) in [4.78, 5) is 11.2. The van der Waals surface area contributed by atoms with Crippen LogP contribution in [0.3, 0.4) is 0 Å². The highest BCUT2D eigenvalue weighted by molar-refractivity contribution is 7.99. The molecule has 0 spiro atoms. The van der Waals surface area contributed by atoms with Crippen LogP contribution in [0.4, 0.5) is 0 Å². The number of hydrogen-bond donors (Lipinski definition) is 5. The third-order valence-electron chi connectivity index (χ3n) is 3.41. The summed E-state index contributed by atoms with van der Waals surface area (Å²) in [7, 11) is 0. The molecule has 9 heteroatoms. The van der Waals surface area contributed by atoms with Crippen molar-refractivity contribution >= 4 is 17.7 Å². The fourth-order valence-corrected chi connectivity index (χ4v) is 2.97. The lowest BCUT2D eigenvalue weighted by molar-refractivity contribution is -0.300. The number of ether oxygens (including phenoxy) is 2. The molecule has 1 aliphatic rings. The first-order valence-electron chi connectivity index (χ1n) is 7.77. The second-order valence-corrected chi connectivity index (χ2v) is 6.46. The fraction of sp³-hybridized carbons (Fsp3) is 0.929. The lowest BCUT2D eigenvalue weighted by atomic mass is 9.99. The summed E-state index contributed by atoms with van der Waals surface area (Å²) in [6.07, 6.45) is -5.02. The summed E-state index contributed by atoms with van der Waals surface area (Å²) in [6, 6.07) is 0. The van der Waals surface area contributed by atoms with Gasteiger partial charge < -0.3 is 35.2 Å². The van der Waals surface area contributed by atoms with Crippen molar-refractivity contribution in [1.82, 2.24) is 5.32 Å². The molecule has 136 valence electrons. The van der Waals surface area contributed by atoms with Gasteiger partial charge in [0.25, 0.3) is 0 Å². The van der Waals surface area contributed by atoms with Gasteiger partial charge >= 0.3 is 0 Å². The minimum Gasteiger partial charge on any atom is -0.394 e. The molecule has 1 rings (SSSR count). The van der Waals surface area contributed by atoms with Crippen LogP contribution in [-0.2, 0) is 14.3 Å². The van der Waals surface area contributed by atoms with Crippen LogP contribution in [0, 0.1) is 0 Å². The molecule has 1 saturated heterocycles. The van der Waals surface area contributed by atoms with Gasteiger partial charge in [-0.05, 0) is 19.1 Å². The van der Waals surface area contributed by atoms with Gasteiger partial charge in [0.15, 0.2) is 6.29 Å². The second-order valence-electron chi connectivity index (χ2n) is 5.24. The number of carbonyl (C=O) groups excluding carboxylic acids is 1. The summed E-state index contributed by atoms with van der Waals surface area (Å²) < 4.78 is 10.6. The van der Waals surface area contributed by atoms with Gasteiger partial charge in [0.2, 0.25) is 5.91 Å². The van der Waals surface area contributed by atoms with Crippen molar-refractivity contribution in [3.8, 4) is 0 Å². The number of carbonyl (C=O) groups is 1. The number of aliphatic hydroxyl groups is 4. The van der Waals surface area contributed by atoms with Crippen LogP contribution in [0.1, 0.15) is 19.8 Å². The molecule has 0 aromatic heterocycles. The summed E-state index contributed by atoms with van der Waals surface area (Å²) in [6.45, 7) is 2.34. The molecule has 1 amide bonds. The molecular formula is C14H27NO7S. The highest BCUT2D eigenvalue weighted by Gasteiger charge is 2.43. The molecule has 8 nitrogen and oxygen atoms in total. The average Bonchev–Trinajstić information content (AvgIpc) is 2.54. The molecule has 5 atom stereocenters. The molecule has 1 aliphatic heterocycles. The maximum atomic E-state index is 11.2. The van der Waals surface area contributed by atoms with Crippen molar-refractivity contribution in [1.29, 1.82) is 0 Å². The Hall–Kier alpha value is -0.420. The molecule has 1 fully saturated rings. The molecule has 0 saturated carbocycles. The van der Waals surface area contributed by atoms with E-state index in [1.165, 1.54) is 0 Å². The van der Waals surface area contributed by atoms with E-state index >= 15 is 0 Å². The fourth-order valence-electron chi connectivity index (χ4n) is 2.12. The van der Waals surface area contributed by atoms with Crippen LogP contribution in [0.2, 0.25) is 0 Å². The Morgan fingerprint density at radius 1 is 1.22 bits per heavy atom. The van der Waals surface area contributed by atoms with E-state index in [0.29, 0.717) is 26.0 Å². The van der Waals surface area contributed by atoms with Crippen LogP contribution in [0.15, 0.2) is 0 Å². The molecule has 23 heavy (non-hydrogen) atoms. The zero-order valence-corrected chi connectivity index (χ0v) is 14.1. The third kappa shape index (κ3) is 6.92. The van der Waals surface area contributed by atoms with Gasteiger partial charge in [0.05, 0.1) is 13.2 Å². The number of hydrogen-bond acceptors (Lipinski definition) is 8. The number of amides is 1. The first-order chi connectivity index (χ1) is 11.0. The number of aliphatic hydroxyl groups excluding tert-OH is 4. The van der Waals surface area contributed by atoms with Gasteiger partial charge in [0, 0.05) is 18.7 Å². The summed E-state index contributed by atoms with van der Waals surface area (Å²) in [5.74, 6) is 1.56. The van der Waals surface area contributed by atoms with Crippen LogP contribution in [-0.4, -0.2) is 88.3 Å². The van der Waals surface area contributed by atoms with E-state index in [9.17, 15) is 20.1 Å². The Morgan fingerprint density at radius 2 is 1.96 bits per heavy atom. The lowest BCUT2D eigenvalue weighted by Gasteiger charge is -2.39. The Bertz CT molecular complexity index is 345. The quantitative estimate of drug-likeness (QED) is 0.299. The van der Waals surface area contributed by atoms with Crippen molar-refractivity contribution in [2.75, 3.05) is 31.3 Å². The lowest BCUT2D eigenvalue weighted by Crippen LogP contribution is -2.59. The van der Waals surface area contributed by atoms with E-state index in [2.05, 4.69) is 5.32 Å². The van der Waals surface area contributed by atoms with E-state index < -0.39 is 37.3 Å². The largest absolute Gasteiger partial charge is 0.394 e. The van der Waals surface area contributed by atoms with Gasteiger partial charge in [0.1, 0.15) is 24.4 Å². The normalized spacial score (nSPS) is 31.1. The minimum absolute atomic E-state index is 0.0394. The number of rotatable bonds is 10. The first-order valence-corrected chi connectivity index (χ1v) is 8.93. The average molecular weight is 353 g/mol. The summed E-state index contributed by atoms with van der Waals surface area (Å²) in [5, 5.41) is 40.8. The molecule has 0 aromatic carbocycles. The summed E-state index contributed by atoms with van der Waals surface area (Å²) >= 11 is 1.63. The van der Waals surface area contributed by atoms with E-state index in [0.717, 1.165) is 11.5 Å². The van der Waals surface area contributed by atoms with Crippen LogP contribution >= 0.6 is 11.8 Å². The maximum absolute atomic E-state index is 11.2. The minimum atomic E-state index is -1.42. The SMILES string of the molecule is CCNC(=O)CCSCCCO[C@@H]1OC(CO)[C@H](O)[C@H](O)C1O. The molecule has 5 N–H and O–H groups in total. The monoisotopic (exact) mass is 353 g/mol. The van der Waals surface area contributed by atoms with E-state index in [1.54, 1.807) is 11.8 Å². The molecule has 0 bridgehead atoms. The van der Waals surface area contributed by atoms with Gasteiger partial charge in [-0.1, -0.05) is 0 Å². The Balaban J connectivity index is 2.14. The molecule has 0 aromatic rings. The van der Waals surface area contributed by atoms with Crippen molar-refractivity contribution in [2.24, 2.45) is 0 Å². The van der Waals surface area contributed by atoms with Gasteiger partial charge in [-0.2, -0.15) is 11.8 Å². The highest BCUT2D eigenvalue weighted by Crippen LogP contribution is 2.22. The second kappa shape index (κ2) is 11.2. The number of thioether (sulfide) groups is 1. The maximum Gasteiger partial charge on any atom is 0.220 e. The van der Waals surface area contributed by atoms with Crippen LogP contribution < -0.4 is 5.32 Å². The van der Waals surface area contributed by atoms with E-state index in [4.69, 9.17) is 14.6 Å². The zero-order chi connectivity index (χ0) is 17.2. The predicted molar refractivity (Wildman–Crippen MR) is 85.0 cm³/mol. The standard InChI is InChI=1S/C14H27NO7S/c1-2-15-10(17)4-7-23-6-3-5-21-14-13(20)12(19)11(18)9(8-16)22-14/h9,11-14,16,18-20H,2-8H2,1H3,(H,15,17)/t9?,11-,12-,13?,14+/m0/s1. The van der Waals surface area contributed by atoms with Crippen molar-refractivity contribution < 1.29 is 34.7 Å². The Morgan fingerprint density at radius 3 is 2.61 bits per heavy atom. The smallest absolute Gasteiger partial charge is 0.220 e. The van der Waals surface area contributed by atoms with Crippen LogP contribution in [0.25, 0.3) is 0 Å². The van der Waals surface area contributed by atoms with Crippen molar-refractivity contribution in [3.05, 3.63) is 0 Å². The molecule has 0 radical (unpaired) electrons. The Kier molecular flexibility index (Phi) is 10.0. The van der Waals surface area contributed by atoms with Gasteiger partial charge in [-0.25, -0.2) is 0 Å². The predicted octanol–water partition coefficient (Wildman–Crippen LogP) is -1.55. The van der Waals surface area contributed by atoms with Gasteiger partial charge in [-0.15, -0.1) is 0 Å². The number of nitrogens with one attached hydrogen (secondary N) is 1. The van der Waals surface area contributed by atoms with Crippen molar-refractivity contribution in [3.63, 3.8) is 0 Å². The molecule has 1 heterocycles. The van der Waals surface area contributed by atoms with Crippen LogP contribution in [0.5, 0.6) is 0 Å². The molecule has 0 aliphatic carbocycles. The Labute approximate surface area is 140 Å². The molecular weight excluding hydrogens is 326 g/mol.